The van der Waals surface area contributed by atoms with Gasteiger partial charge in [-0.3, -0.25) is 0 Å². The monoisotopic (exact) mass is 294 g/mol. The molecule has 0 saturated heterocycles. The van der Waals surface area contributed by atoms with Crippen LogP contribution in [0.4, 0.5) is 0 Å². The van der Waals surface area contributed by atoms with E-state index in [1.165, 1.54) is 25.7 Å². The second-order valence-corrected chi connectivity index (χ2v) is 9.21. The number of rotatable bonds is 2. The molecular formula is C20H22S. The molecule has 0 radical (unpaired) electrons. The third-order valence-corrected chi connectivity index (χ3v) is 8.67. The zero-order valence-corrected chi connectivity index (χ0v) is 13.1. The highest BCUT2D eigenvalue weighted by Crippen LogP contribution is 2.63. The summed E-state index contributed by atoms with van der Waals surface area (Å²) < 4.78 is 0. The molecule has 0 aliphatic heterocycles. The Balaban J connectivity index is 1.26. The van der Waals surface area contributed by atoms with E-state index in [1.54, 1.807) is 9.81 Å². The minimum absolute atomic E-state index is 0.874. The topological polar surface area (TPSA) is 0 Å². The van der Waals surface area contributed by atoms with E-state index in [9.17, 15) is 0 Å². The molecule has 0 aromatic carbocycles. The first kappa shape index (κ1) is 11.8. The van der Waals surface area contributed by atoms with Gasteiger partial charge in [-0.2, -0.15) is 0 Å². The second-order valence-electron chi connectivity index (χ2n) is 8.06. The SMILES string of the molecule is C1=CC2CC1C1CC=C(SC3=CCC4C5C=CC(C5)C34)C21. The smallest absolute Gasteiger partial charge is 0.000164 e. The number of hydrogen-bond acceptors (Lipinski definition) is 1. The molecule has 6 aliphatic rings. The van der Waals surface area contributed by atoms with Crippen molar-refractivity contribution in [1.82, 2.24) is 0 Å². The Morgan fingerprint density at radius 1 is 0.667 bits per heavy atom. The van der Waals surface area contributed by atoms with Crippen LogP contribution >= 0.6 is 11.8 Å². The maximum Gasteiger partial charge on any atom is -0.000164 e. The summed E-state index contributed by atoms with van der Waals surface area (Å²) in [7, 11) is 0. The predicted molar refractivity (Wildman–Crippen MR) is 88.4 cm³/mol. The molecule has 0 N–H and O–H groups in total. The van der Waals surface area contributed by atoms with Gasteiger partial charge in [0.25, 0.3) is 0 Å². The molecule has 0 amide bonds. The van der Waals surface area contributed by atoms with Crippen LogP contribution in [0.25, 0.3) is 0 Å². The highest BCUT2D eigenvalue weighted by atomic mass is 32.2. The maximum absolute atomic E-state index is 2.60. The zero-order valence-electron chi connectivity index (χ0n) is 12.3. The highest BCUT2D eigenvalue weighted by Gasteiger charge is 2.51. The molecule has 0 aromatic rings. The summed E-state index contributed by atoms with van der Waals surface area (Å²) in [6, 6.07) is 0. The normalized spacial score (nSPS) is 54.3. The third-order valence-electron chi connectivity index (χ3n) is 7.32. The van der Waals surface area contributed by atoms with Crippen molar-refractivity contribution in [3.63, 3.8) is 0 Å². The van der Waals surface area contributed by atoms with Crippen LogP contribution in [-0.2, 0) is 0 Å². The lowest BCUT2D eigenvalue weighted by Gasteiger charge is -2.27. The number of fused-ring (bicyclic) bond motifs is 10. The summed E-state index contributed by atoms with van der Waals surface area (Å²) in [5.41, 5.74) is 0. The van der Waals surface area contributed by atoms with Gasteiger partial charge in [0.05, 0.1) is 0 Å². The third kappa shape index (κ3) is 1.44. The summed E-state index contributed by atoms with van der Waals surface area (Å²) in [5, 5.41) is 0. The largest absolute Gasteiger partial charge is 0.0990 e. The lowest BCUT2D eigenvalue weighted by Crippen LogP contribution is -2.17. The molecule has 6 rings (SSSR count). The lowest BCUT2D eigenvalue weighted by molar-refractivity contribution is 0.391. The molecule has 8 unspecified atom stereocenters. The van der Waals surface area contributed by atoms with Gasteiger partial charge in [-0.1, -0.05) is 48.2 Å². The van der Waals surface area contributed by atoms with Crippen molar-refractivity contribution in [2.45, 2.75) is 25.7 Å². The first-order chi connectivity index (χ1) is 10.4. The first-order valence-corrected chi connectivity index (χ1v) is 9.65. The summed E-state index contributed by atoms with van der Waals surface area (Å²) in [6.45, 7) is 0. The molecule has 8 atom stereocenters. The molecule has 0 aromatic heterocycles. The van der Waals surface area contributed by atoms with Crippen LogP contribution in [0.5, 0.6) is 0 Å². The standard InChI is InChI=1S/C20H22S/c1-3-13-9-11(1)15-5-7-17(19(13)15)21-18-8-6-16-12-2-4-14(10-12)20(16)18/h1-4,7-8,11-16,19-20H,5-6,9-10H2. The lowest BCUT2D eigenvalue weighted by atomic mass is 9.85. The van der Waals surface area contributed by atoms with Gasteiger partial charge in [0.1, 0.15) is 0 Å². The molecule has 2 saturated carbocycles. The van der Waals surface area contributed by atoms with Gasteiger partial charge >= 0.3 is 0 Å². The Morgan fingerprint density at radius 2 is 1.14 bits per heavy atom. The predicted octanol–water partition coefficient (Wildman–Crippen LogP) is 5.17. The maximum atomic E-state index is 2.60. The summed E-state index contributed by atoms with van der Waals surface area (Å²) >= 11 is 2.20. The van der Waals surface area contributed by atoms with E-state index < -0.39 is 0 Å². The van der Waals surface area contributed by atoms with Crippen molar-refractivity contribution in [3.05, 3.63) is 46.3 Å². The number of hydrogen-bond donors (Lipinski definition) is 0. The van der Waals surface area contributed by atoms with E-state index >= 15 is 0 Å². The van der Waals surface area contributed by atoms with Crippen LogP contribution in [0.1, 0.15) is 25.7 Å². The Kier molecular flexibility index (Phi) is 2.24. The van der Waals surface area contributed by atoms with E-state index in [0.29, 0.717) is 0 Å². The van der Waals surface area contributed by atoms with E-state index in [0.717, 1.165) is 47.3 Å². The van der Waals surface area contributed by atoms with Crippen LogP contribution < -0.4 is 0 Å². The van der Waals surface area contributed by atoms with Crippen molar-refractivity contribution >= 4 is 11.8 Å². The van der Waals surface area contributed by atoms with E-state index in [4.69, 9.17) is 0 Å². The fourth-order valence-electron chi connectivity index (χ4n) is 6.47. The molecule has 6 aliphatic carbocycles. The number of thioether (sulfide) groups is 1. The van der Waals surface area contributed by atoms with Crippen molar-refractivity contribution in [1.29, 1.82) is 0 Å². The Labute approximate surface area is 131 Å². The van der Waals surface area contributed by atoms with Crippen LogP contribution in [0.15, 0.2) is 46.3 Å². The fourth-order valence-corrected chi connectivity index (χ4v) is 8.07. The molecule has 108 valence electrons. The van der Waals surface area contributed by atoms with Crippen molar-refractivity contribution < 1.29 is 0 Å². The van der Waals surface area contributed by atoms with Crippen LogP contribution in [0.3, 0.4) is 0 Å². The summed E-state index contributed by atoms with van der Waals surface area (Å²) in [5.74, 6) is 7.26. The molecule has 0 heterocycles. The van der Waals surface area contributed by atoms with E-state index in [1.807, 2.05) is 0 Å². The molecule has 0 spiro atoms. The number of allylic oxidation sites excluding steroid dienone is 8. The van der Waals surface area contributed by atoms with Gasteiger partial charge in [-0.15, -0.1) is 0 Å². The molecule has 4 bridgehead atoms. The van der Waals surface area contributed by atoms with Crippen LogP contribution in [-0.4, -0.2) is 0 Å². The van der Waals surface area contributed by atoms with Gasteiger partial charge in [0.15, 0.2) is 0 Å². The van der Waals surface area contributed by atoms with Gasteiger partial charge in [0.2, 0.25) is 0 Å². The average Bonchev–Trinajstić information content (AvgIpc) is 3.30. The second kappa shape index (κ2) is 3.98. The van der Waals surface area contributed by atoms with Gasteiger partial charge in [-0.05, 0) is 82.8 Å². The summed E-state index contributed by atoms with van der Waals surface area (Å²) in [6.07, 6.45) is 20.9. The Bertz CT molecular complexity index is 568. The van der Waals surface area contributed by atoms with Crippen molar-refractivity contribution in [3.8, 4) is 0 Å². The minimum Gasteiger partial charge on any atom is -0.0990 e. The average molecular weight is 294 g/mol. The highest BCUT2D eigenvalue weighted by molar-refractivity contribution is 8.06. The quantitative estimate of drug-likeness (QED) is 0.633. The summed E-state index contributed by atoms with van der Waals surface area (Å²) in [4.78, 5) is 3.49. The van der Waals surface area contributed by atoms with Crippen LogP contribution in [0.2, 0.25) is 0 Å². The molecule has 21 heavy (non-hydrogen) atoms. The molecule has 2 fully saturated rings. The van der Waals surface area contributed by atoms with E-state index in [2.05, 4.69) is 48.2 Å². The molecule has 0 nitrogen and oxygen atoms in total. The van der Waals surface area contributed by atoms with Gasteiger partial charge in [-0.25, -0.2) is 0 Å². The van der Waals surface area contributed by atoms with Gasteiger partial charge in [0, 0.05) is 0 Å². The van der Waals surface area contributed by atoms with Crippen molar-refractivity contribution in [2.24, 2.45) is 47.3 Å². The first-order valence-electron chi connectivity index (χ1n) is 8.83. The molecular weight excluding hydrogens is 272 g/mol. The Hall–Kier alpha value is -0.690. The Morgan fingerprint density at radius 3 is 1.67 bits per heavy atom. The van der Waals surface area contributed by atoms with E-state index in [-0.39, 0.29) is 0 Å². The fraction of sp³-hybridized carbons (Fsp3) is 0.600. The minimum atomic E-state index is 0.874. The van der Waals surface area contributed by atoms with Crippen molar-refractivity contribution in [2.75, 3.05) is 0 Å². The van der Waals surface area contributed by atoms with Gasteiger partial charge < -0.3 is 0 Å². The molecule has 1 heteroatoms. The zero-order chi connectivity index (χ0) is 13.6. The van der Waals surface area contributed by atoms with Crippen LogP contribution in [0, 0.1) is 47.3 Å².